The van der Waals surface area contributed by atoms with Crippen molar-refractivity contribution in [2.24, 2.45) is 11.8 Å². The van der Waals surface area contributed by atoms with Gasteiger partial charge in [-0.05, 0) is 62.5 Å². The van der Waals surface area contributed by atoms with Crippen LogP contribution in [0.25, 0.3) is 0 Å². The van der Waals surface area contributed by atoms with Crippen molar-refractivity contribution in [3.05, 3.63) is 24.2 Å². The first kappa shape index (κ1) is 15.1. The summed E-state index contributed by atoms with van der Waals surface area (Å²) in [5.74, 6) is 2.01. The van der Waals surface area contributed by atoms with Crippen LogP contribution in [0.1, 0.15) is 56.8 Å². The van der Waals surface area contributed by atoms with Gasteiger partial charge < -0.3 is 19.7 Å². The number of nitrogens with one attached hydrogen (secondary N) is 1. The van der Waals surface area contributed by atoms with Crippen molar-refractivity contribution in [2.45, 2.75) is 63.1 Å². The Labute approximate surface area is 137 Å². The zero-order valence-electron chi connectivity index (χ0n) is 13.5. The van der Waals surface area contributed by atoms with Crippen LogP contribution in [-0.4, -0.2) is 34.7 Å². The van der Waals surface area contributed by atoms with E-state index in [-0.39, 0.29) is 12.1 Å². The summed E-state index contributed by atoms with van der Waals surface area (Å²) in [5, 5.41) is 13.6. The molecule has 2 aliphatic carbocycles. The van der Waals surface area contributed by atoms with Gasteiger partial charge in [0.05, 0.1) is 6.26 Å². The normalized spacial score (nSPS) is 25.8. The number of hydrogen-bond donors (Lipinski definition) is 2. The molecule has 4 rings (SSSR count). The molecule has 5 nitrogen and oxygen atoms in total. The van der Waals surface area contributed by atoms with Gasteiger partial charge in [0, 0.05) is 25.0 Å². The third-order valence-corrected chi connectivity index (χ3v) is 5.55. The number of hydrogen-bond acceptors (Lipinski definition) is 3. The van der Waals surface area contributed by atoms with E-state index < -0.39 is 6.10 Å². The molecule has 1 saturated heterocycles. The van der Waals surface area contributed by atoms with Crippen LogP contribution in [0.15, 0.2) is 22.8 Å². The van der Waals surface area contributed by atoms with E-state index in [9.17, 15) is 9.90 Å². The predicted molar refractivity (Wildman–Crippen MR) is 85.8 cm³/mol. The van der Waals surface area contributed by atoms with Crippen LogP contribution < -0.4 is 5.32 Å². The van der Waals surface area contributed by atoms with Crippen LogP contribution in [0.4, 0.5) is 4.79 Å². The van der Waals surface area contributed by atoms with Crippen molar-refractivity contribution in [1.29, 1.82) is 0 Å². The van der Waals surface area contributed by atoms with Crippen LogP contribution in [0, 0.1) is 11.8 Å². The van der Waals surface area contributed by atoms with Crippen LogP contribution in [0.2, 0.25) is 0 Å². The molecule has 2 N–H and O–H groups in total. The Hall–Kier alpha value is -1.49. The summed E-state index contributed by atoms with van der Waals surface area (Å²) in [6.45, 7) is 0.795. The highest BCUT2D eigenvalue weighted by Gasteiger charge is 2.43. The maximum atomic E-state index is 12.7. The first-order chi connectivity index (χ1) is 11.2. The number of likely N-dealkylation sites (tertiary alicyclic amines) is 1. The van der Waals surface area contributed by atoms with Crippen LogP contribution in [-0.2, 0) is 0 Å². The minimum Gasteiger partial charge on any atom is -0.467 e. The molecule has 2 unspecified atom stereocenters. The fourth-order valence-electron chi connectivity index (χ4n) is 3.96. The minimum atomic E-state index is -0.633. The fourth-order valence-corrected chi connectivity index (χ4v) is 3.96. The van der Waals surface area contributed by atoms with Gasteiger partial charge in [-0.2, -0.15) is 0 Å². The number of nitrogens with zero attached hydrogens (tertiary/aromatic N) is 1. The zero-order chi connectivity index (χ0) is 15.8. The lowest BCUT2D eigenvalue weighted by molar-refractivity contribution is 0.107. The van der Waals surface area contributed by atoms with Crippen molar-refractivity contribution in [3.8, 4) is 0 Å². The quantitative estimate of drug-likeness (QED) is 0.847. The van der Waals surface area contributed by atoms with Gasteiger partial charge in [0.1, 0.15) is 11.9 Å². The Bertz CT molecular complexity index is 524. The van der Waals surface area contributed by atoms with E-state index in [1.807, 2.05) is 4.90 Å². The van der Waals surface area contributed by atoms with Gasteiger partial charge >= 0.3 is 6.03 Å². The van der Waals surface area contributed by atoms with Crippen LogP contribution in [0.3, 0.4) is 0 Å². The number of amides is 2. The number of rotatable bonds is 6. The lowest BCUT2D eigenvalue weighted by Crippen LogP contribution is -2.48. The summed E-state index contributed by atoms with van der Waals surface area (Å²) >= 11 is 0. The highest BCUT2D eigenvalue weighted by molar-refractivity contribution is 5.75. The minimum absolute atomic E-state index is 0.0722. The maximum absolute atomic E-state index is 12.7. The zero-order valence-corrected chi connectivity index (χ0v) is 13.5. The number of carbonyl (C=O) groups is 1. The second kappa shape index (κ2) is 6.19. The lowest BCUT2D eigenvalue weighted by Gasteiger charge is -2.29. The van der Waals surface area contributed by atoms with Crippen LogP contribution >= 0.6 is 0 Å². The first-order valence-electron chi connectivity index (χ1n) is 9.01. The maximum Gasteiger partial charge on any atom is 0.317 e. The van der Waals surface area contributed by atoms with Crippen molar-refractivity contribution in [2.75, 3.05) is 6.54 Å². The molecule has 5 heteroatoms. The molecule has 2 amide bonds. The number of aliphatic hydroxyl groups is 1. The molecule has 23 heavy (non-hydrogen) atoms. The van der Waals surface area contributed by atoms with Gasteiger partial charge in [-0.1, -0.05) is 0 Å². The summed E-state index contributed by atoms with van der Waals surface area (Å²) in [6, 6.07) is 4.14. The van der Waals surface area contributed by atoms with Crippen molar-refractivity contribution >= 4 is 6.03 Å². The topological polar surface area (TPSA) is 65.7 Å². The molecule has 0 aromatic carbocycles. The molecule has 1 aromatic heterocycles. The van der Waals surface area contributed by atoms with E-state index in [1.165, 1.54) is 25.7 Å². The van der Waals surface area contributed by atoms with Gasteiger partial charge in [0.2, 0.25) is 0 Å². The molecule has 2 atom stereocenters. The Morgan fingerprint density at radius 2 is 2.04 bits per heavy atom. The summed E-state index contributed by atoms with van der Waals surface area (Å²) in [5.41, 5.74) is 0. The molecule has 0 spiro atoms. The molecule has 3 fully saturated rings. The Balaban J connectivity index is 1.35. The van der Waals surface area contributed by atoms with E-state index in [2.05, 4.69) is 5.32 Å². The lowest BCUT2D eigenvalue weighted by atomic mass is 10.1. The SMILES string of the molecule is O=C(NC(C1CC1)C1CC1)N1CCCC1CC(O)c1ccco1. The van der Waals surface area contributed by atoms with Crippen molar-refractivity contribution in [1.82, 2.24) is 10.2 Å². The molecule has 2 saturated carbocycles. The van der Waals surface area contributed by atoms with Crippen LogP contribution in [0.5, 0.6) is 0 Å². The highest BCUT2D eigenvalue weighted by atomic mass is 16.4. The largest absolute Gasteiger partial charge is 0.467 e. The van der Waals surface area contributed by atoms with E-state index in [1.54, 1.807) is 18.4 Å². The number of furan rings is 1. The van der Waals surface area contributed by atoms with Gasteiger partial charge in [0.15, 0.2) is 0 Å². The third kappa shape index (κ3) is 3.39. The second-order valence-corrected chi connectivity index (χ2v) is 7.41. The predicted octanol–water partition coefficient (Wildman–Crippen LogP) is 3.07. The van der Waals surface area contributed by atoms with E-state index >= 15 is 0 Å². The Kier molecular flexibility index (Phi) is 4.05. The molecule has 2 heterocycles. The summed E-state index contributed by atoms with van der Waals surface area (Å²) in [4.78, 5) is 14.6. The van der Waals surface area contributed by atoms with E-state index in [0.717, 1.165) is 19.4 Å². The monoisotopic (exact) mass is 318 g/mol. The molecule has 3 aliphatic rings. The summed E-state index contributed by atoms with van der Waals surface area (Å²) in [6.07, 6.45) is 8.54. The number of aliphatic hydroxyl groups excluding tert-OH is 1. The van der Waals surface area contributed by atoms with Crippen molar-refractivity contribution in [3.63, 3.8) is 0 Å². The van der Waals surface area contributed by atoms with E-state index in [4.69, 9.17) is 4.42 Å². The molecular formula is C18H26N2O3. The molecule has 126 valence electrons. The molecule has 0 radical (unpaired) electrons. The van der Waals surface area contributed by atoms with Gasteiger partial charge in [-0.25, -0.2) is 4.79 Å². The van der Waals surface area contributed by atoms with E-state index in [0.29, 0.717) is 30.1 Å². The number of urea groups is 1. The van der Waals surface area contributed by atoms with Crippen molar-refractivity contribution < 1.29 is 14.3 Å². The molecule has 0 bridgehead atoms. The standard InChI is InChI=1S/C18H26N2O3/c21-15(16-4-2-10-23-16)11-14-3-1-9-20(14)18(22)19-17(12-5-6-12)13-7-8-13/h2,4,10,12-15,17,21H,1,3,5-9,11H2,(H,19,22). The first-order valence-corrected chi connectivity index (χ1v) is 9.01. The average molecular weight is 318 g/mol. The fraction of sp³-hybridized carbons (Fsp3) is 0.722. The average Bonchev–Trinajstić information content (AvgIpc) is 3.46. The molecule has 1 aromatic rings. The second-order valence-electron chi connectivity index (χ2n) is 7.41. The summed E-state index contributed by atoms with van der Waals surface area (Å²) in [7, 11) is 0. The Morgan fingerprint density at radius 1 is 1.30 bits per heavy atom. The molecular weight excluding hydrogens is 292 g/mol. The molecule has 1 aliphatic heterocycles. The summed E-state index contributed by atoms with van der Waals surface area (Å²) < 4.78 is 5.28. The Morgan fingerprint density at radius 3 is 2.65 bits per heavy atom. The number of carbonyl (C=O) groups excluding carboxylic acids is 1. The van der Waals surface area contributed by atoms with Gasteiger partial charge in [0.25, 0.3) is 0 Å². The smallest absolute Gasteiger partial charge is 0.317 e. The third-order valence-electron chi connectivity index (χ3n) is 5.55. The van der Waals surface area contributed by atoms with Gasteiger partial charge in [-0.15, -0.1) is 0 Å². The highest BCUT2D eigenvalue weighted by Crippen LogP contribution is 2.44. The van der Waals surface area contributed by atoms with Gasteiger partial charge in [-0.3, -0.25) is 0 Å².